The van der Waals surface area contributed by atoms with E-state index in [0.29, 0.717) is 12.5 Å². The van der Waals surface area contributed by atoms with Gasteiger partial charge in [0.2, 0.25) is 5.95 Å². The van der Waals surface area contributed by atoms with Crippen molar-refractivity contribution < 1.29 is 0 Å². The average Bonchev–Trinajstić information content (AvgIpc) is 2.92. The van der Waals surface area contributed by atoms with Crippen LogP contribution in [0.4, 0.5) is 11.8 Å². The molecule has 0 aliphatic heterocycles. The number of nitrogens with zero attached hydrogens (tertiary/aromatic N) is 4. The maximum Gasteiger partial charge on any atom is 0.202 e. The highest BCUT2D eigenvalue weighted by molar-refractivity contribution is 14.1. The van der Waals surface area contributed by atoms with Crippen molar-refractivity contribution >= 4 is 45.5 Å². The number of hydrogen-bond acceptors (Lipinski definition) is 5. The predicted octanol–water partition coefficient (Wildman–Crippen LogP) is 4.29. The van der Waals surface area contributed by atoms with Crippen molar-refractivity contribution in [2.24, 2.45) is 7.05 Å². The lowest BCUT2D eigenvalue weighted by Crippen LogP contribution is -2.07. The van der Waals surface area contributed by atoms with Gasteiger partial charge >= 0.3 is 0 Å². The molecule has 1 aromatic carbocycles. The summed E-state index contributed by atoms with van der Waals surface area (Å²) in [5.41, 5.74) is 8.71. The summed E-state index contributed by atoms with van der Waals surface area (Å²) in [5.74, 6) is 2.06. The van der Waals surface area contributed by atoms with E-state index >= 15 is 0 Å². The smallest absolute Gasteiger partial charge is 0.202 e. The summed E-state index contributed by atoms with van der Waals surface area (Å²) < 4.78 is 3.04. The molecule has 7 heteroatoms. The molecular formula is C19H25IN6. The first kappa shape index (κ1) is 18.9. The highest BCUT2D eigenvalue weighted by atomic mass is 127. The molecule has 0 radical (unpaired) electrons. The highest BCUT2D eigenvalue weighted by Gasteiger charge is 2.14. The Balaban J connectivity index is 1.85. The van der Waals surface area contributed by atoms with Crippen LogP contribution >= 0.6 is 22.6 Å². The first-order valence-corrected chi connectivity index (χ1v) is 10.1. The van der Waals surface area contributed by atoms with Crippen molar-refractivity contribution in [3.63, 3.8) is 0 Å². The van der Waals surface area contributed by atoms with Crippen LogP contribution in [0, 0.1) is 3.57 Å². The van der Waals surface area contributed by atoms with Crippen LogP contribution in [-0.2, 0) is 20.0 Å². The largest absolute Gasteiger partial charge is 0.369 e. The molecule has 6 nitrogen and oxygen atoms in total. The number of aryl methyl sites for hydroxylation is 2. The van der Waals surface area contributed by atoms with Crippen molar-refractivity contribution in [3.05, 3.63) is 39.2 Å². The summed E-state index contributed by atoms with van der Waals surface area (Å²) in [4.78, 5) is 13.9. The molecule has 138 valence electrons. The van der Waals surface area contributed by atoms with Gasteiger partial charge in [0.05, 0.1) is 0 Å². The molecule has 0 saturated carbocycles. The van der Waals surface area contributed by atoms with E-state index < -0.39 is 0 Å². The van der Waals surface area contributed by atoms with Gasteiger partial charge in [-0.1, -0.05) is 38.3 Å². The Morgan fingerprint density at radius 3 is 2.77 bits per heavy atom. The van der Waals surface area contributed by atoms with E-state index in [4.69, 9.17) is 15.7 Å². The van der Waals surface area contributed by atoms with Gasteiger partial charge in [-0.15, -0.1) is 0 Å². The number of halogens is 1. The lowest BCUT2D eigenvalue weighted by molar-refractivity contribution is 0.653. The maximum atomic E-state index is 5.99. The number of fused-ring (bicyclic) bond motifs is 1. The van der Waals surface area contributed by atoms with E-state index in [1.54, 1.807) is 0 Å². The van der Waals surface area contributed by atoms with Crippen LogP contribution in [0.5, 0.6) is 0 Å². The molecule has 26 heavy (non-hydrogen) atoms. The first-order chi connectivity index (χ1) is 12.6. The Hall–Kier alpha value is -1.90. The number of unbranched alkanes of at least 4 members (excludes halogenated alkanes) is 3. The Kier molecular flexibility index (Phi) is 6.29. The van der Waals surface area contributed by atoms with Crippen molar-refractivity contribution in [3.8, 4) is 0 Å². The molecule has 0 amide bonds. The van der Waals surface area contributed by atoms with Crippen molar-refractivity contribution in [2.45, 2.75) is 45.6 Å². The summed E-state index contributed by atoms with van der Waals surface area (Å²) in [6, 6.07) is 8.41. The Bertz CT molecular complexity index is 889. The Morgan fingerprint density at radius 2 is 2.00 bits per heavy atom. The maximum absolute atomic E-state index is 5.99. The minimum absolute atomic E-state index is 0.453. The Labute approximate surface area is 167 Å². The van der Waals surface area contributed by atoms with Crippen LogP contribution in [0.3, 0.4) is 0 Å². The molecule has 0 fully saturated rings. The van der Waals surface area contributed by atoms with Gasteiger partial charge in [-0.2, -0.15) is 0 Å². The summed E-state index contributed by atoms with van der Waals surface area (Å²) in [6.45, 7) is 2.91. The molecule has 0 spiro atoms. The van der Waals surface area contributed by atoms with E-state index in [1.165, 1.54) is 28.4 Å². The molecule has 3 aromatic rings. The number of nitrogens with two attached hydrogens (primary N) is 1. The summed E-state index contributed by atoms with van der Waals surface area (Å²) in [6.07, 6.45) is 5.65. The standard InChI is InChI=1S/C19H25IN6/c1-3-4-5-6-10-15-23-17(16-18(24-15)26(2)19(21)25-16)22-12-13-8-7-9-14(20)11-13/h7-9,11H,3-6,10,12H2,1-2H3,(H2,21,25)(H,22,23,24). The zero-order chi connectivity index (χ0) is 18.5. The van der Waals surface area contributed by atoms with E-state index in [0.717, 1.165) is 35.6 Å². The zero-order valence-electron chi connectivity index (χ0n) is 15.3. The van der Waals surface area contributed by atoms with Crippen molar-refractivity contribution in [1.82, 2.24) is 19.5 Å². The number of rotatable bonds is 8. The fraction of sp³-hybridized carbons (Fsp3) is 0.421. The van der Waals surface area contributed by atoms with Crippen molar-refractivity contribution in [2.75, 3.05) is 11.1 Å². The van der Waals surface area contributed by atoms with Gasteiger partial charge < -0.3 is 11.1 Å². The number of anilines is 2. The van der Waals surface area contributed by atoms with Crippen molar-refractivity contribution in [1.29, 1.82) is 0 Å². The van der Waals surface area contributed by atoms with E-state index in [2.05, 4.69) is 64.1 Å². The number of imidazole rings is 1. The molecular weight excluding hydrogens is 439 g/mol. The molecule has 0 atom stereocenters. The van der Waals surface area contributed by atoms with E-state index in [1.807, 2.05) is 11.6 Å². The molecule has 0 bridgehead atoms. The van der Waals surface area contributed by atoms with Gasteiger partial charge in [0, 0.05) is 23.6 Å². The normalized spacial score (nSPS) is 11.2. The number of benzene rings is 1. The first-order valence-electron chi connectivity index (χ1n) is 9.05. The molecule has 0 aliphatic carbocycles. The quantitative estimate of drug-likeness (QED) is 0.384. The van der Waals surface area contributed by atoms with Gasteiger partial charge in [0.15, 0.2) is 17.0 Å². The second-order valence-electron chi connectivity index (χ2n) is 6.48. The molecule has 0 unspecified atom stereocenters. The minimum atomic E-state index is 0.453. The summed E-state index contributed by atoms with van der Waals surface area (Å²) in [7, 11) is 1.89. The molecule has 0 saturated heterocycles. The second-order valence-corrected chi connectivity index (χ2v) is 7.73. The van der Waals surface area contributed by atoms with Crippen LogP contribution in [0.2, 0.25) is 0 Å². The lowest BCUT2D eigenvalue weighted by atomic mass is 10.1. The van der Waals surface area contributed by atoms with Crippen LogP contribution < -0.4 is 11.1 Å². The van der Waals surface area contributed by atoms with E-state index in [9.17, 15) is 0 Å². The number of nitrogen functional groups attached to an aromatic ring is 1. The molecule has 2 aromatic heterocycles. The van der Waals surface area contributed by atoms with Crippen LogP contribution in [0.1, 0.15) is 44.0 Å². The Morgan fingerprint density at radius 1 is 1.15 bits per heavy atom. The monoisotopic (exact) mass is 464 g/mol. The highest BCUT2D eigenvalue weighted by Crippen LogP contribution is 2.23. The molecule has 3 N–H and O–H groups in total. The SMILES string of the molecule is CCCCCCc1nc(NCc2cccc(I)c2)c2nc(N)n(C)c2n1. The summed E-state index contributed by atoms with van der Waals surface area (Å²) >= 11 is 2.32. The topological polar surface area (TPSA) is 81.6 Å². The third-order valence-electron chi connectivity index (χ3n) is 4.40. The molecule has 3 rings (SSSR count). The zero-order valence-corrected chi connectivity index (χ0v) is 17.5. The van der Waals surface area contributed by atoms with Crippen LogP contribution in [0.25, 0.3) is 11.2 Å². The van der Waals surface area contributed by atoms with Gasteiger partial charge in [0.1, 0.15) is 5.82 Å². The molecule has 2 heterocycles. The predicted molar refractivity (Wildman–Crippen MR) is 115 cm³/mol. The fourth-order valence-corrected chi connectivity index (χ4v) is 3.51. The van der Waals surface area contributed by atoms with Gasteiger partial charge in [-0.05, 0) is 46.7 Å². The lowest BCUT2D eigenvalue weighted by Gasteiger charge is -2.09. The van der Waals surface area contributed by atoms with Gasteiger partial charge in [-0.25, -0.2) is 15.0 Å². The number of hydrogen-bond donors (Lipinski definition) is 2. The van der Waals surface area contributed by atoms with Gasteiger partial charge in [-0.3, -0.25) is 4.57 Å². The molecule has 0 aliphatic rings. The average molecular weight is 464 g/mol. The number of aromatic nitrogens is 4. The third-order valence-corrected chi connectivity index (χ3v) is 5.07. The second kappa shape index (κ2) is 8.66. The fourth-order valence-electron chi connectivity index (χ4n) is 2.90. The minimum Gasteiger partial charge on any atom is -0.369 e. The van der Waals surface area contributed by atoms with Crippen LogP contribution in [0.15, 0.2) is 24.3 Å². The summed E-state index contributed by atoms with van der Waals surface area (Å²) in [5, 5.41) is 3.43. The van der Waals surface area contributed by atoms with Crippen LogP contribution in [-0.4, -0.2) is 19.5 Å². The third kappa shape index (κ3) is 4.44. The van der Waals surface area contributed by atoms with Gasteiger partial charge in [0.25, 0.3) is 0 Å². The number of nitrogens with one attached hydrogen (secondary N) is 1. The van der Waals surface area contributed by atoms with E-state index in [-0.39, 0.29) is 0 Å².